The fraction of sp³-hybridized carbons (Fsp3) is 0.103. The van der Waals surface area contributed by atoms with Crippen molar-refractivity contribution >= 4 is 29.0 Å². The second kappa shape index (κ2) is 8.90. The van der Waals surface area contributed by atoms with E-state index in [1.807, 2.05) is 60.7 Å². The van der Waals surface area contributed by atoms with Crippen LogP contribution in [-0.2, 0) is 16.9 Å². The lowest BCUT2D eigenvalue weighted by atomic mass is 9.88. The van der Waals surface area contributed by atoms with E-state index in [1.54, 1.807) is 42.5 Å². The first-order valence-electron chi connectivity index (χ1n) is 11.0. The number of rotatable bonds is 6. The third kappa shape index (κ3) is 4.03. The van der Waals surface area contributed by atoms with Crippen LogP contribution in [0.15, 0.2) is 103 Å². The predicted molar refractivity (Wildman–Crippen MR) is 134 cm³/mol. The van der Waals surface area contributed by atoms with Crippen molar-refractivity contribution in [1.82, 2.24) is 0 Å². The highest BCUT2D eigenvalue weighted by Gasteiger charge is 2.50. The number of hydrogen-bond acceptors (Lipinski definition) is 3. The van der Waals surface area contributed by atoms with Crippen molar-refractivity contribution in [1.29, 1.82) is 0 Å². The van der Waals surface area contributed by atoms with Gasteiger partial charge in [-0.15, -0.1) is 0 Å². The normalized spacial score (nSPS) is 17.0. The third-order valence-corrected chi connectivity index (χ3v) is 6.48. The van der Waals surface area contributed by atoms with Crippen LogP contribution in [0.3, 0.4) is 0 Å². The molecule has 4 aromatic rings. The maximum atomic E-state index is 13.5. The number of amides is 1. The average molecular weight is 468 g/mol. The highest BCUT2D eigenvalue weighted by molar-refractivity contribution is 6.30. The molecule has 4 nitrogen and oxygen atoms in total. The predicted octanol–water partition coefficient (Wildman–Crippen LogP) is 6.01. The summed E-state index contributed by atoms with van der Waals surface area (Å²) in [5.41, 5.74) is 2.51. The molecule has 1 atom stereocenters. The molecule has 0 saturated carbocycles. The van der Waals surface area contributed by atoms with E-state index in [0.717, 1.165) is 16.7 Å². The van der Waals surface area contributed by atoms with E-state index >= 15 is 0 Å². The van der Waals surface area contributed by atoms with Gasteiger partial charge in [0.25, 0.3) is 5.91 Å². The molecule has 0 bridgehead atoms. The first kappa shape index (κ1) is 22.1. The van der Waals surface area contributed by atoms with E-state index in [9.17, 15) is 14.7 Å². The van der Waals surface area contributed by atoms with Gasteiger partial charge in [-0.25, -0.2) is 0 Å². The largest absolute Gasteiger partial charge is 0.375 e. The molecule has 1 aliphatic heterocycles. The Morgan fingerprint density at radius 3 is 2.12 bits per heavy atom. The number of carbonyl (C=O) groups is 2. The molecule has 5 rings (SSSR count). The summed E-state index contributed by atoms with van der Waals surface area (Å²) in [4.78, 5) is 28.2. The molecule has 168 valence electrons. The lowest BCUT2D eigenvalue weighted by molar-refractivity contribution is -0.136. The van der Waals surface area contributed by atoms with Crippen molar-refractivity contribution in [2.24, 2.45) is 0 Å². The smallest absolute Gasteiger partial charge is 0.264 e. The van der Waals surface area contributed by atoms with Crippen molar-refractivity contribution < 1.29 is 14.7 Å². The monoisotopic (exact) mass is 467 g/mol. The zero-order chi connectivity index (χ0) is 23.7. The number of halogens is 1. The summed E-state index contributed by atoms with van der Waals surface area (Å²) < 4.78 is 0. The molecule has 0 radical (unpaired) electrons. The number of carbonyl (C=O) groups excluding carboxylic acids is 2. The van der Waals surface area contributed by atoms with Crippen LogP contribution in [0.4, 0.5) is 5.69 Å². The highest BCUT2D eigenvalue weighted by atomic mass is 35.5. The van der Waals surface area contributed by atoms with Crippen molar-refractivity contribution in [3.8, 4) is 11.1 Å². The fourth-order valence-electron chi connectivity index (χ4n) is 4.42. The number of anilines is 1. The second-order valence-electron chi connectivity index (χ2n) is 8.44. The zero-order valence-electron chi connectivity index (χ0n) is 18.3. The fourth-order valence-corrected chi connectivity index (χ4v) is 4.55. The Kier molecular flexibility index (Phi) is 5.78. The van der Waals surface area contributed by atoms with E-state index in [1.165, 1.54) is 4.90 Å². The van der Waals surface area contributed by atoms with Crippen LogP contribution >= 0.6 is 11.6 Å². The van der Waals surface area contributed by atoms with E-state index in [2.05, 4.69) is 0 Å². The molecule has 0 saturated heterocycles. The van der Waals surface area contributed by atoms with Crippen LogP contribution in [0.25, 0.3) is 11.1 Å². The molecule has 0 unspecified atom stereocenters. The SMILES string of the molecule is O=C(C[C@@]1(O)C(=O)N(Cc2ccc(Cl)cc2)c2ccccc21)c1ccc(-c2ccccc2)cc1. The second-order valence-corrected chi connectivity index (χ2v) is 8.87. The minimum atomic E-state index is -1.92. The lowest BCUT2D eigenvalue weighted by Crippen LogP contribution is -2.41. The Hall–Kier alpha value is -3.73. The molecule has 0 fully saturated rings. The number of para-hydroxylation sites is 1. The van der Waals surface area contributed by atoms with E-state index < -0.39 is 11.5 Å². The molecule has 4 aromatic carbocycles. The first-order valence-corrected chi connectivity index (χ1v) is 11.4. The van der Waals surface area contributed by atoms with Crippen molar-refractivity contribution in [2.75, 3.05) is 4.90 Å². The molecular formula is C29H22ClNO3. The van der Waals surface area contributed by atoms with E-state index in [4.69, 9.17) is 11.6 Å². The first-order chi connectivity index (χ1) is 16.5. The van der Waals surface area contributed by atoms with Crippen LogP contribution in [-0.4, -0.2) is 16.8 Å². The molecule has 34 heavy (non-hydrogen) atoms. The molecular weight excluding hydrogens is 446 g/mol. The molecule has 1 amide bonds. The van der Waals surface area contributed by atoms with Gasteiger partial charge in [-0.2, -0.15) is 0 Å². The van der Waals surface area contributed by atoms with Crippen LogP contribution in [0.5, 0.6) is 0 Å². The lowest BCUT2D eigenvalue weighted by Gasteiger charge is -2.23. The Morgan fingerprint density at radius 1 is 0.794 bits per heavy atom. The van der Waals surface area contributed by atoms with Crippen molar-refractivity contribution in [3.05, 3.63) is 125 Å². The third-order valence-electron chi connectivity index (χ3n) is 6.22. The van der Waals surface area contributed by atoms with Crippen LogP contribution in [0.1, 0.15) is 27.9 Å². The number of aliphatic hydroxyl groups is 1. The van der Waals surface area contributed by atoms with Crippen molar-refractivity contribution in [2.45, 2.75) is 18.6 Å². The van der Waals surface area contributed by atoms with E-state index in [-0.39, 0.29) is 18.7 Å². The van der Waals surface area contributed by atoms with Gasteiger partial charge in [0.05, 0.1) is 18.7 Å². The Balaban J connectivity index is 1.41. The Bertz CT molecular complexity index is 1350. The summed E-state index contributed by atoms with van der Waals surface area (Å²) in [5.74, 6) is -0.795. The molecule has 5 heteroatoms. The van der Waals surface area contributed by atoms with Crippen molar-refractivity contribution in [3.63, 3.8) is 0 Å². The minimum absolute atomic E-state index is 0.273. The molecule has 0 aliphatic carbocycles. The maximum absolute atomic E-state index is 13.5. The molecule has 0 aromatic heterocycles. The summed E-state index contributed by atoms with van der Waals surface area (Å²) >= 11 is 5.99. The average Bonchev–Trinajstić information content (AvgIpc) is 3.08. The van der Waals surface area contributed by atoms with Gasteiger partial charge >= 0.3 is 0 Å². The molecule has 1 heterocycles. The van der Waals surface area contributed by atoms with Gasteiger partial charge in [-0.1, -0.05) is 96.5 Å². The van der Waals surface area contributed by atoms with Crippen LogP contribution in [0.2, 0.25) is 5.02 Å². The Morgan fingerprint density at radius 2 is 1.41 bits per heavy atom. The quantitative estimate of drug-likeness (QED) is 0.353. The van der Waals surface area contributed by atoms with Gasteiger partial charge in [0.15, 0.2) is 11.4 Å². The maximum Gasteiger partial charge on any atom is 0.264 e. The number of ketones is 1. The van der Waals surface area contributed by atoms with E-state index in [0.29, 0.717) is 21.8 Å². The van der Waals surface area contributed by atoms with Gasteiger partial charge in [-0.3, -0.25) is 9.59 Å². The molecule has 0 spiro atoms. The van der Waals surface area contributed by atoms with Gasteiger partial charge in [-0.05, 0) is 34.9 Å². The van der Waals surface area contributed by atoms with Gasteiger partial charge < -0.3 is 10.0 Å². The van der Waals surface area contributed by atoms with Crippen LogP contribution in [0, 0.1) is 0 Å². The highest BCUT2D eigenvalue weighted by Crippen LogP contribution is 2.43. The molecule has 1 aliphatic rings. The van der Waals surface area contributed by atoms with Gasteiger partial charge in [0, 0.05) is 16.1 Å². The number of fused-ring (bicyclic) bond motifs is 1. The number of nitrogens with zero attached hydrogens (tertiary/aromatic N) is 1. The summed E-state index contributed by atoms with van der Waals surface area (Å²) in [6, 6.07) is 31.4. The number of Topliss-reactive ketones (excluding diaryl/α,β-unsaturated/α-hetero) is 1. The van der Waals surface area contributed by atoms with Crippen LogP contribution < -0.4 is 4.90 Å². The number of benzene rings is 4. The summed E-state index contributed by atoms with van der Waals surface area (Å²) in [7, 11) is 0. The van der Waals surface area contributed by atoms with Gasteiger partial charge in [0.2, 0.25) is 0 Å². The standard InChI is InChI=1S/C29H22ClNO3/c30-24-16-10-20(11-17-24)19-31-26-9-5-4-8-25(26)29(34,28(31)33)18-27(32)23-14-12-22(13-15-23)21-6-2-1-3-7-21/h1-17,34H,18-19H2/t29-/m0/s1. The minimum Gasteiger partial charge on any atom is -0.375 e. The zero-order valence-corrected chi connectivity index (χ0v) is 19.1. The molecule has 1 N–H and O–H groups in total. The Labute approximate surface area is 203 Å². The summed E-state index contributed by atoms with van der Waals surface area (Å²) in [6.07, 6.45) is -0.329. The summed E-state index contributed by atoms with van der Waals surface area (Å²) in [5, 5.41) is 12.1. The number of hydrogen-bond donors (Lipinski definition) is 1. The topological polar surface area (TPSA) is 57.6 Å². The van der Waals surface area contributed by atoms with Gasteiger partial charge in [0.1, 0.15) is 0 Å². The summed E-state index contributed by atoms with van der Waals surface area (Å²) in [6.45, 7) is 0.273.